The van der Waals surface area contributed by atoms with Crippen molar-refractivity contribution in [1.29, 1.82) is 0 Å². The van der Waals surface area contributed by atoms with Gasteiger partial charge < -0.3 is 4.74 Å². The molecule has 1 aliphatic heterocycles. The second-order valence-corrected chi connectivity index (χ2v) is 3.98. The van der Waals surface area contributed by atoms with E-state index in [-0.39, 0.29) is 0 Å². The van der Waals surface area contributed by atoms with Crippen LogP contribution in [0.1, 0.15) is 26.2 Å². The summed E-state index contributed by atoms with van der Waals surface area (Å²) in [6, 6.07) is 0. The predicted molar refractivity (Wildman–Crippen MR) is 40.8 cm³/mol. The Morgan fingerprint density at radius 1 is 1.10 bits per heavy atom. The van der Waals surface area contributed by atoms with Crippen LogP contribution in [0.5, 0.6) is 0 Å². The third-order valence-corrected chi connectivity index (χ3v) is 3.07. The summed E-state index contributed by atoms with van der Waals surface area (Å²) in [5.41, 5.74) is 0. The molecule has 0 bridgehead atoms. The molecule has 0 N–H and O–H groups in total. The highest BCUT2D eigenvalue weighted by molar-refractivity contribution is 4.81. The smallest absolute Gasteiger partial charge is 0.0498 e. The van der Waals surface area contributed by atoms with Crippen LogP contribution in [0.25, 0.3) is 0 Å². The van der Waals surface area contributed by atoms with Gasteiger partial charge in [0.05, 0.1) is 0 Å². The molecular weight excluding hydrogens is 124 g/mol. The van der Waals surface area contributed by atoms with Crippen LogP contribution in [0.15, 0.2) is 0 Å². The van der Waals surface area contributed by atoms with Crippen LogP contribution in [-0.4, -0.2) is 13.2 Å². The van der Waals surface area contributed by atoms with Crippen molar-refractivity contribution in [2.75, 3.05) is 13.2 Å². The van der Waals surface area contributed by atoms with Crippen molar-refractivity contribution in [2.24, 2.45) is 17.8 Å². The van der Waals surface area contributed by atoms with Gasteiger partial charge in [-0.05, 0) is 30.6 Å². The molecular formula is C9H16O. The first-order valence-corrected chi connectivity index (χ1v) is 4.44. The van der Waals surface area contributed by atoms with Gasteiger partial charge in [-0.25, -0.2) is 0 Å². The summed E-state index contributed by atoms with van der Waals surface area (Å²) in [6.07, 6.45) is 4.28. The van der Waals surface area contributed by atoms with Gasteiger partial charge in [0.1, 0.15) is 0 Å². The van der Waals surface area contributed by atoms with Gasteiger partial charge in [-0.2, -0.15) is 0 Å². The molecule has 2 aliphatic rings. The van der Waals surface area contributed by atoms with E-state index in [2.05, 4.69) is 6.92 Å². The van der Waals surface area contributed by atoms with Gasteiger partial charge in [-0.3, -0.25) is 0 Å². The third kappa shape index (κ3) is 1.07. The van der Waals surface area contributed by atoms with E-state index in [1.54, 1.807) is 0 Å². The molecule has 2 fully saturated rings. The fourth-order valence-electron chi connectivity index (χ4n) is 2.36. The van der Waals surface area contributed by atoms with E-state index in [0.29, 0.717) is 0 Å². The molecule has 1 nitrogen and oxygen atoms in total. The Hall–Kier alpha value is -0.0400. The Kier molecular flexibility index (Phi) is 1.69. The molecule has 0 radical (unpaired) electrons. The maximum absolute atomic E-state index is 5.44. The summed E-state index contributed by atoms with van der Waals surface area (Å²) in [5, 5.41) is 0. The minimum atomic E-state index is 0.920. The van der Waals surface area contributed by atoms with E-state index in [0.717, 1.165) is 31.0 Å². The van der Waals surface area contributed by atoms with Crippen molar-refractivity contribution in [3.05, 3.63) is 0 Å². The molecule has 1 heterocycles. The molecule has 0 spiro atoms. The average molecular weight is 140 g/mol. The second kappa shape index (κ2) is 2.54. The maximum atomic E-state index is 5.44. The first kappa shape index (κ1) is 6.66. The Morgan fingerprint density at radius 2 is 1.90 bits per heavy atom. The lowest BCUT2D eigenvalue weighted by Gasteiger charge is -2.27. The molecule has 0 aromatic carbocycles. The monoisotopic (exact) mass is 140 g/mol. The summed E-state index contributed by atoms with van der Waals surface area (Å²) in [4.78, 5) is 0. The summed E-state index contributed by atoms with van der Waals surface area (Å²) in [5.74, 6) is 2.81. The van der Waals surface area contributed by atoms with Crippen LogP contribution in [-0.2, 0) is 4.74 Å². The van der Waals surface area contributed by atoms with E-state index in [1.807, 2.05) is 0 Å². The highest BCUT2D eigenvalue weighted by atomic mass is 16.5. The number of hydrogen-bond donors (Lipinski definition) is 0. The Labute approximate surface area is 62.8 Å². The molecule has 1 saturated carbocycles. The summed E-state index contributed by atoms with van der Waals surface area (Å²) in [6.45, 7) is 4.47. The minimum Gasteiger partial charge on any atom is -0.381 e. The molecule has 10 heavy (non-hydrogen) atoms. The van der Waals surface area contributed by atoms with Crippen LogP contribution in [0.4, 0.5) is 0 Å². The number of rotatable bonds is 0. The zero-order chi connectivity index (χ0) is 6.97. The molecule has 0 amide bonds. The van der Waals surface area contributed by atoms with Crippen molar-refractivity contribution in [3.63, 3.8) is 0 Å². The lowest BCUT2D eigenvalue weighted by atomic mass is 9.77. The predicted octanol–water partition coefficient (Wildman–Crippen LogP) is 2.07. The van der Waals surface area contributed by atoms with Gasteiger partial charge >= 0.3 is 0 Å². The molecule has 2 rings (SSSR count). The molecule has 0 aromatic rings. The van der Waals surface area contributed by atoms with Crippen molar-refractivity contribution in [1.82, 2.24) is 0 Å². The van der Waals surface area contributed by atoms with Crippen molar-refractivity contribution in [2.45, 2.75) is 26.2 Å². The van der Waals surface area contributed by atoms with Crippen LogP contribution < -0.4 is 0 Å². The fraction of sp³-hybridized carbons (Fsp3) is 1.00. The number of fused-ring (bicyclic) bond motifs is 1. The Balaban J connectivity index is 1.96. The topological polar surface area (TPSA) is 9.23 Å². The highest BCUT2D eigenvalue weighted by Crippen LogP contribution is 2.37. The first-order chi connectivity index (χ1) is 4.86. The molecule has 1 aliphatic carbocycles. The minimum absolute atomic E-state index is 0.920. The Morgan fingerprint density at radius 3 is 2.80 bits per heavy atom. The van der Waals surface area contributed by atoms with Gasteiger partial charge in [0.25, 0.3) is 0 Å². The second-order valence-electron chi connectivity index (χ2n) is 3.98. The normalized spacial score (nSPS) is 47.1. The molecule has 1 unspecified atom stereocenters. The SMILES string of the molecule is CC1CC[C@H]2COC[C@@H]2C1. The lowest BCUT2D eigenvalue weighted by molar-refractivity contribution is 0.180. The fourth-order valence-corrected chi connectivity index (χ4v) is 2.36. The van der Waals surface area contributed by atoms with Crippen molar-refractivity contribution >= 4 is 0 Å². The van der Waals surface area contributed by atoms with Gasteiger partial charge in [-0.15, -0.1) is 0 Å². The molecule has 3 atom stereocenters. The van der Waals surface area contributed by atoms with Gasteiger partial charge in [-0.1, -0.05) is 13.3 Å². The summed E-state index contributed by atoms with van der Waals surface area (Å²) >= 11 is 0. The largest absolute Gasteiger partial charge is 0.381 e. The molecule has 0 aromatic heterocycles. The third-order valence-electron chi connectivity index (χ3n) is 3.07. The maximum Gasteiger partial charge on any atom is 0.0498 e. The van der Waals surface area contributed by atoms with Crippen molar-refractivity contribution in [3.8, 4) is 0 Å². The Bertz CT molecular complexity index is 122. The molecule has 58 valence electrons. The van der Waals surface area contributed by atoms with Gasteiger partial charge in [0.2, 0.25) is 0 Å². The van der Waals surface area contributed by atoms with E-state index in [9.17, 15) is 0 Å². The first-order valence-electron chi connectivity index (χ1n) is 4.44. The van der Waals surface area contributed by atoms with Crippen LogP contribution in [0.2, 0.25) is 0 Å². The molecule has 1 saturated heterocycles. The van der Waals surface area contributed by atoms with Crippen molar-refractivity contribution < 1.29 is 4.74 Å². The van der Waals surface area contributed by atoms with Crippen LogP contribution in [0.3, 0.4) is 0 Å². The zero-order valence-electron chi connectivity index (χ0n) is 6.68. The van der Waals surface area contributed by atoms with E-state index >= 15 is 0 Å². The zero-order valence-corrected chi connectivity index (χ0v) is 6.68. The van der Waals surface area contributed by atoms with E-state index in [4.69, 9.17) is 4.74 Å². The lowest BCUT2D eigenvalue weighted by Crippen LogP contribution is -2.21. The van der Waals surface area contributed by atoms with Gasteiger partial charge in [0.15, 0.2) is 0 Å². The molecule has 1 heteroatoms. The highest BCUT2D eigenvalue weighted by Gasteiger charge is 2.32. The summed E-state index contributed by atoms with van der Waals surface area (Å²) < 4.78 is 5.44. The van der Waals surface area contributed by atoms with Crippen LogP contribution in [0, 0.1) is 17.8 Å². The average Bonchev–Trinajstić information content (AvgIpc) is 2.33. The van der Waals surface area contributed by atoms with E-state index < -0.39 is 0 Å². The summed E-state index contributed by atoms with van der Waals surface area (Å²) in [7, 11) is 0. The standard InChI is InChI=1S/C9H16O/c1-7-2-3-8-5-10-6-9(8)4-7/h7-9H,2-6H2,1H3/t7?,8-,9-/m0/s1. The number of ether oxygens (including phenoxy) is 1. The quantitative estimate of drug-likeness (QED) is 0.500. The van der Waals surface area contributed by atoms with Gasteiger partial charge in [0, 0.05) is 13.2 Å². The van der Waals surface area contributed by atoms with E-state index in [1.165, 1.54) is 19.3 Å². The number of hydrogen-bond acceptors (Lipinski definition) is 1. The van der Waals surface area contributed by atoms with Crippen LogP contribution >= 0.6 is 0 Å².